The molecule has 0 aliphatic carbocycles. The zero-order valence-electron chi connectivity index (χ0n) is 13.9. The molecule has 1 rings (SSSR count). The molecule has 0 spiro atoms. The van der Waals surface area contributed by atoms with Gasteiger partial charge in [0.25, 0.3) is 0 Å². The van der Waals surface area contributed by atoms with Crippen LogP contribution in [0.15, 0.2) is 30.3 Å². The molecule has 0 radical (unpaired) electrons. The van der Waals surface area contributed by atoms with Gasteiger partial charge >= 0.3 is 0 Å². The van der Waals surface area contributed by atoms with Crippen molar-refractivity contribution in [3.63, 3.8) is 0 Å². The molecule has 2 unspecified atom stereocenters. The molecule has 21 heavy (non-hydrogen) atoms. The van der Waals surface area contributed by atoms with E-state index < -0.39 is 0 Å². The van der Waals surface area contributed by atoms with E-state index in [0.717, 1.165) is 12.8 Å². The molecule has 2 atom stereocenters. The molecule has 0 bridgehead atoms. The van der Waals surface area contributed by atoms with Gasteiger partial charge in [-0.15, -0.1) is 0 Å². The second-order valence-corrected chi connectivity index (χ2v) is 7.09. The molecular formula is C18H30N2O. The van der Waals surface area contributed by atoms with Crippen molar-refractivity contribution in [3.8, 4) is 0 Å². The lowest BCUT2D eigenvalue weighted by Gasteiger charge is -2.24. The number of rotatable bonds is 7. The first-order valence-electron chi connectivity index (χ1n) is 7.86. The van der Waals surface area contributed by atoms with Crippen molar-refractivity contribution in [3.05, 3.63) is 35.9 Å². The van der Waals surface area contributed by atoms with E-state index in [1.54, 1.807) is 0 Å². The quantitative estimate of drug-likeness (QED) is 0.809. The van der Waals surface area contributed by atoms with Crippen molar-refractivity contribution >= 4 is 5.91 Å². The minimum Gasteiger partial charge on any atom is -0.356 e. The van der Waals surface area contributed by atoms with Gasteiger partial charge in [-0.3, -0.25) is 4.79 Å². The van der Waals surface area contributed by atoms with E-state index in [2.05, 4.69) is 57.3 Å². The molecule has 0 aliphatic rings. The van der Waals surface area contributed by atoms with Crippen LogP contribution in [0, 0.1) is 11.3 Å². The van der Waals surface area contributed by atoms with Crippen LogP contribution in [-0.4, -0.2) is 19.0 Å². The average Bonchev–Trinajstić information content (AvgIpc) is 2.44. The van der Waals surface area contributed by atoms with Gasteiger partial charge in [0, 0.05) is 13.1 Å². The Hall–Kier alpha value is -1.35. The Labute approximate surface area is 129 Å². The highest BCUT2D eigenvalue weighted by atomic mass is 16.1. The standard InChI is InChI=1S/C18H30N2O/c1-14(15-8-6-5-7-9-15)10-11-20-17(21)16(13-19)12-18(2,3)4/h5-9,14,16H,10-13,19H2,1-4H3,(H,20,21). The summed E-state index contributed by atoms with van der Waals surface area (Å²) < 4.78 is 0. The van der Waals surface area contributed by atoms with E-state index in [1.165, 1.54) is 5.56 Å². The Balaban J connectivity index is 2.39. The third-order valence-electron chi connectivity index (χ3n) is 3.76. The SMILES string of the molecule is CC(CCNC(=O)C(CN)CC(C)(C)C)c1ccccc1. The average molecular weight is 290 g/mol. The lowest BCUT2D eigenvalue weighted by molar-refractivity contribution is -0.125. The molecule has 3 N–H and O–H groups in total. The Bertz CT molecular complexity index is 423. The molecule has 1 aromatic rings. The number of amides is 1. The van der Waals surface area contributed by atoms with Gasteiger partial charge in [-0.2, -0.15) is 0 Å². The molecule has 0 aliphatic heterocycles. The number of nitrogens with two attached hydrogens (primary N) is 1. The summed E-state index contributed by atoms with van der Waals surface area (Å²) in [4.78, 5) is 12.2. The van der Waals surface area contributed by atoms with Crippen molar-refractivity contribution in [2.75, 3.05) is 13.1 Å². The summed E-state index contributed by atoms with van der Waals surface area (Å²) in [5.74, 6) is 0.454. The number of carbonyl (C=O) groups excluding carboxylic acids is 1. The van der Waals surface area contributed by atoms with Crippen LogP contribution in [0.4, 0.5) is 0 Å². The number of carbonyl (C=O) groups is 1. The van der Waals surface area contributed by atoms with Gasteiger partial charge in [-0.1, -0.05) is 58.0 Å². The summed E-state index contributed by atoms with van der Waals surface area (Å²) in [6.45, 7) is 9.73. The summed E-state index contributed by atoms with van der Waals surface area (Å²) in [7, 11) is 0. The van der Waals surface area contributed by atoms with Crippen molar-refractivity contribution in [2.45, 2.75) is 46.5 Å². The molecule has 0 saturated carbocycles. The molecule has 3 nitrogen and oxygen atoms in total. The fraction of sp³-hybridized carbons (Fsp3) is 0.611. The monoisotopic (exact) mass is 290 g/mol. The highest BCUT2D eigenvalue weighted by molar-refractivity contribution is 5.78. The Morgan fingerprint density at radius 3 is 2.38 bits per heavy atom. The summed E-state index contributed by atoms with van der Waals surface area (Å²) >= 11 is 0. The van der Waals surface area contributed by atoms with Gasteiger partial charge in [0.2, 0.25) is 5.91 Å². The smallest absolute Gasteiger partial charge is 0.224 e. The van der Waals surface area contributed by atoms with Gasteiger partial charge in [0.15, 0.2) is 0 Å². The molecular weight excluding hydrogens is 260 g/mol. The van der Waals surface area contributed by atoms with E-state index in [1.807, 2.05) is 6.07 Å². The van der Waals surface area contributed by atoms with Gasteiger partial charge < -0.3 is 11.1 Å². The summed E-state index contributed by atoms with van der Waals surface area (Å²) in [5, 5.41) is 3.04. The molecule has 0 heterocycles. The molecule has 0 saturated heterocycles. The molecule has 0 fully saturated rings. The van der Waals surface area contributed by atoms with Crippen molar-refractivity contribution in [2.24, 2.45) is 17.1 Å². The molecule has 3 heteroatoms. The minimum atomic E-state index is -0.0861. The maximum Gasteiger partial charge on any atom is 0.224 e. The van der Waals surface area contributed by atoms with E-state index in [9.17, 15) is 4.79 Å². The van der Waals surface area contributed by atoms with Crippen LogP contribution in [0.1, 0.15) is 52.0 Å². The summed E-state index contributed by atoms with van der Waals surface area (Å²) in [6.07, 6.45) is 1.77. The minimum absolute atomic E-state index is 0.0861. The van der Waals surface area contributed by atoms with E-state index >= 15 is 0 Å². The second kappa shape index (κ2) is 8.18. The zero-order chi connectivity index (χ0) is 15.9. The number of nitrogens with one attached hydrogen (secondary N) is 1. The van der Waals surface area contributed by atoms with Crippen LogP contribution < -0.4 is 11.1 Å². The first-order chi connectivity index (χ1) is 9.83. The van der Waals surface area contributed by atoms with Crippen LogP contribution in [-0.2, 0) is 4.79 Å². The first-order valence-corrected chi connectivity index (χ1v) is 7.86. The maximum atomic E-state index is 12.2. The van der Waals surface area contributed by atoms with Gasteiger partial charge in [-0.25, -0.2) is 0 Å². The van der Waals surface area contributed by atoms with Crippen LogP contribution >= 0.6 is 0 Å². The third kappa shape index (κ3) is 6.76. The van der Waals surface area contributed by atoms with Crippen molar-refractivity contribution in [1.29, 1.82) is 0 Å². The first kappa shape index (κ1) is 17.7. The van der Waals surface area contributed by atoms with E-state index in [-0.39, 0.29) is 17.2 Å². The summed E-state index contributed by atoms with van der Waals surface area (Å²) in [5.41, 5.74) is 7.18. The van der Waals surface area contributed by atoms with Gasteiger partial charge in [0.1, 0.15) is 0 Å². The molecule has 1 amide bonds. The van der Waals surface area contributed by atoms with Crippen molar-refractivity contribution < 1.29 is 4.79 Å². The Morgan fingerprint density at radius 1 is 1.24 bits per heavy atom. The topological polar surface area (TPSA) is 55.1 Å². The zero-order valence-corrected chi connectivity index (χ0v) is 13.9. The van der Waals surface area contributed by atoms with Crippen LogP contribution in [0.25, 0.3) is 0 Å². The summed E-state index contributed by atoms with van der Waals surface area (Å²) in [6, 6.07) is 10.4. The van der Waals surface area contributed by atoms with Crippen LogP contribution in [0.2, 0.25) is 0 Å². The highest BCUT2D eigenvalue weighted by Crippen LogP contribution is 2.24. The fourth-order valence-corrected chi connectivity index (χ4v) is 2.53. The van der Waals surface area contributed by atoms with E-state index in [4.69, 9.17) is 5.73 Å². The normalized spacial score (nSPS) is 14.5. The lowest BCUT2D eigenvalue weighted by atomic mass is 9.84. The lowest BCUT2D eigenvalue weighted by Crippen LogP contribution is -2.37. The predicted molar refractivity (Wildman–Crippen MR) is 89.1 cm³/mol. The van der Waals surface area contributed by atoms with Gasteiger partial charge in [0.05, 0.1) is 5.92 Å². The van der Waals surface area contributed by atoms with Crippen LogP contribution in [0.5, 0.6) is 0 Å². The number of hydrogen-bond donors (Lipinski definition) is 2. The highest BCUT2D eigenvalue weighted by Gasteiger charge is 2.23. The Morgan fingerprint density at radius 2 is 1.86 bits per heavy atom. The number of hydrogen-bond acceptors (Lipinski definition) is 2. The van der Waals surface area contributed by atoms with E-state index in [0.29, 0.717) is 19.0 Å². The predicted octanol–water partition coefficient (Wildman–Crippen LogP) is 3.31. The number of benzene rings is 1. The van der Waals surface area contributed by atoms with Crippen molar-refractivity contribution in [1.82, 2.24) is 5.32 Å². The fourth-order valence-electron chi connectivity index (χ4n) is 2.53. The maximum absolute atomic E-state index is 12.2. The van der Waals surface area contributed by atoms with Crippen LogP contribution in [0.3, 0.4) is 0 Å². The largest absolute Gasteiger partial charge is 0.356 e. The molecule has 118 valence electrons. The van der Waals surface area contributed by atoms with Gasteiger partial charge in [-0.05, 0) is 29.7 Å². The third-order valence-corrected chi connectivity index (χ3v) is 3.76. The Kier molecular flexibility index (Phi) is 6.90. The second-order valence-electron chi connectivity index (χ2n) is 7.09. The molecule has 0 aromatic heterocycles. The molecule has 1 aromatic carbocycles.